The van der Waals surface area contributed by atoms with Gasteiger partial charge in [0.2, 0.25) is 5.91 Å². The van der Waals surface area contributed by atoms with Gasteiger partial charge in [0.15, 0.2) is 0 Å². The van der Waals surface area contributed by atoms with Gasteiger partial charge in [-0.15, -0.1) is 0 Å². The first kappa shape index (κ1) is 19.7. The lowest BCUT2D eigenvalue weighted by molar-refractivity contribution is -0.129. The van der Waals surface area contributed by atoms with Gasteiger partial charge in [-0.2, -0.15) is 0 Å². The third-order valence-corrected chi connectivity index (χ3v) is 10.2. The number of aliphatic hydroxyl groups excluding tert-OH is 1. The first-order valence-corrected chi connectivity index (χ1v) is 11.7. The van der Waals surface area contributed by atoms with Crippen LogP contribution in [0.15, 0.2) is 0 Å². The van der Waals surface area contributed by atoms with Crippen LogP contribution in [0, 0.1) is 46.3 Å². The van der Waals surface area contributed by atoms with Gasteiger partial charge in [0.25, 0.3) is 0 Å². The van der Waals surface area contributed by atoms with Crippen LogP contribution < -0.4 is 5.73 Å². The maximum Gasteiger partial charge on any atom is 0.217 e. The van der Waals surface area contributed by atoms with Gasteiger partial charge in [0.1, 0.15) is 0 Å². The van der Waals surface area contributed by atoms with E-state index in [0.717, 1.165) is 48.9 Å². The molecule has 0 bridgehead atoms. The Hall–Kier alpha value is -0.570. The van der Waals surface area contributed by atoms with Crippen molar-refractivity contribution in [2.24, 2.45) is 52.1 Å². The minimum Gasteiger partial charge on any atom is -0.393 e. The second kappa shape index (κ2) is 7.04. The molecular formula is C24H41NO2. The number of carbonyl (C=O) groups is 1. The smallest absolute Gasteiger partial charge is 0.217 e. The summed E-state index contributed by atoms with van der Waals surface area (Å²) in [7, 11) is 0. The molecule has 4 rings (SSSR count). The van der Waals surface area contributed by atoms with Crippen molar-refractivity contribution in [3.8, 4) is 0 Å². The Kier molecular flexibility index (Phi) is 5.15. The zero-order valence-electron chi connectivity index (χ0n) is 17.8. The van der Waals surface area contributed by atoms with E-state index in [0.29, 0.717) is 23.2 Å². The maximum atomic E-state index is 11.3. The maximum absolute atomic E-state index is 11.3. The molecule has 0 radical (unpaired) electrons. The van der Waals surface area contributed by atoms with Crippen molar-refractivity contribution >= 4 is 5.91 Å². The number of rotatable bonds is 4. The van der Waals surface area contributed by atoms with Gasteiger partial charge in [-0.25, -0.2) is 0 Å². The van der Waals surface area contributed by atoms with Crippen molar-refractivity contribution in [1.82, 2.24) is 0 Å². The summed E-state index contributed by atoms with van der Waals surface area (Å²) in [5.41, 5.74) is 6.36. The molecule has 3 heteroatoms. The third-order valence-electron chi connectivity index (χ3n) is 10.2. The molecule has 27 heavy (non-hydrogen) atoms. The van der Waals surface area contributed by atoms with Gasteiger partial charge >= 0.3 is 0 Å². The molecule has 0 aromatic rings. The Labute approximate surface area is 165 Å². The summed E-state index contributed by atoms with van der Waals surface area (Å²) in [6.07, 6.45) is 13.0. The van der Waals surface area contributed by atoms with Crippen molar-refractivity contribution in [3.05, 3.63) is 0 Å². The second-order valence-electron chi connectivity index (χ2n) is 11.3. The van der Waals surface area contributed by atoms with Crippen LogP contribution in [0.4, 0.5) is 0 Å². The van der Waals surface area contributed by atoms with Crippen LogP contribution in [0.1, 0.15) is 91.4 Å². The zero-order chi connectivity index (χ0) is 19.4. The SMILES string of the molecule is C[C@H](CCC(N)=O)C1CCC2[C@@H]3CC[C@@H]4C[C@H](O)CC[C@]4(C)C3CC[C@@]21C. The highest BCUT2D eigenvalue weighted by molar-refractivity contribution is 5.73. The van der Waals surface area contributed by atoms with Crippen molar-refractivity contribution in [2.45, 2.75) is 97.5 Å². The standard InChI is InChI=1S/C24H41NO2/c1-15(4-9-22(25)27)19-7-8-20-18-6-5-16-14-17(26)10-12-23(16,2)21(18)11-13-24(19,20)3/h15-21,26H,4-14H2,1-3H3,(H2,25,27)/t15-,16-,17-,18+,19?,20?,21?,23+,24-/m1/s1. The number of amides is 1. The van der Waals surface area contributed by atoms with E-state index in [1.54, 1.807) is 0 Å². The van der Waals surface area contributed by atoms with Gasteiger partial charge in [0, 0.05) is 6.42 Å². The van der Waals surface area contributed by atoms with Crippen LogP contribution in [0.25, 0.3) is 0 Å². The highest BCUT2D eigenvalue weighted by Crippen LogP contribution is 2.68. The van der Waals surface area contributed by atoms with Crippen LogP contribution in [-0.4, -0.2) is 17.1 Å². The number of hydrogen-bond donors (Lipinski definition) is 2. The minimum absolute atomic E-state index is 0.0459. The molecule has 0 aromatic carbocycles. The van der Waals surface area contributed by atoms with E-state index in [4.69, 9.17) is 5.73 Å². The van der Waals surface area contributed by atoms with E-state index < -0.39 is 0 Å². The molecule has 3 unspecified atom stereocenters. The Morgan fingerprint density at radius 1 is 1.04 bits per heavy atom. The normalized spacial score (nSPS) is 50.4. The van der Waals surface area contributed by atoms with Crippen molar-refractivity contribution in [3.63, 3.8) is 0 Å². The molecule has 3 nitrogen and oxygen atoms in total. The summed E-state index contributed by atoms with van der Waals surface area (Å²) in [4.78, 5) is 11.3. The monoisotopic (exact) mass is 375 g/mol. The lowest BCUT2D eigenvalue weighted by Crippen LogP contribution is -2.54. The predicted octanol–water partition coefficient (Wildman–Crippen LogP) is 4.91. The van der Waals surface area contributed by atoms with Gasteiger partial charge in [0.05, 0.1) is 6.10 Å². The molecule has 0 spiro atoms. The molecule has 0 aromatic heterocycles. The van der Waals surface area contributed by atoms with Crippen LogP contribution in [0.2, 0.25) is 0 Å². The Morgan fingerprint density at radius 3 is 2.48 bits per heavy atom. The molecule has 4 aliphatic carbocycles. The summed E-state index contributed by atoms with van der Waals surface area (Å²) in [6.45, 7) is 7.53. The molecule has 154 valence electrons. The van der Waals surface area contributed by atoms with Crippen LogP contribution in [-0.2, 0) is 4.79 Å². The van der Waals surface area contributed by atoms with Crippen LogP contribution in [0.5, 0.6) is 0 Å². The minimum atomic E-state index is -0.143. The fourth-order valence-corrected chi connectivity index (χ4v) is 8.78. The van der Waals surface area contributed by atoms with Crippen LogP contribution in [0.3, 0.4) is 0 Å². The zero-order valence-corrected chi connectivity index (χ0v) is 17.8. The summed E-state index contributed by atoms with van der Waals surface area (Å²) < 4.78 is 0. The molecule has 4 fully saturated rings. The third kappa shape index (κ3) is 3.16. The molecule has 0 aliphatic heterocycles. The average Bonchev–Trinajstić information content (AvgIpc) is 2.97. The first-order valence-electron chi connectivity index (χ1n) is 11.7. The molecule has 1 amide bonds. The number of hydrogen-bond acceptors (Lipinski definition) is 2. The van der Waals surface area contributed by atoms with Gasteiger partial charge < -0.3 is 10.8 Å². The van der Waals surface area contributed by atoms with E-state index >= 15 is 0 Å². The number of carbonyl (C=O) groups excluding carboxylic acids is 1. The molecule has 0 heterocycles. The van der Waals surface area contributed by atoms with Crippen molar-refractivity contribution in [1.29, 1.82) is 0 Å². The Balaban J connectivity index is 1.51. The highest BCUT2D eigenvalue weighted by atomic mass is 16.3. The van der Waals surface area contributed by atoms with Gasteiger partial charge in [-0.3, -0.25) is 4.79 Å². The first-order chi connectivity index (χ1) is 12.8. The number of nitrogens with two attached hydrogens (primary N) is 1. The quantitative estimate of drug-likeness (QED) is 0.733. The van der Waals surface area contributed by atoms with Crippen LogP contribution >= 0.6 is 0 Å². The van der Waals surface area contributed by atoms with E-state index in [2.05, 4.69) is 20.8 Å². The van der Waals surface area contributed by atoms with Crippen molar-refractivity contribution < 1.29 is 9.90 Å². The second-order valence-corrected chi connectivity index (χ2v) is 11.3. The fraction of sp³-hybridized carbons (Fsp3) is 0.958. The van der Waals surface area contributed by atoms with E-state index in [1.165, 1.54) is 44.9 Å². The predicted molar refractivity (Wildman–Crippen MR) is 109 cm³/mol. The summed E-state index contributed by atoms with van der Waals surface area (Å²) in [6, 6.07) is 0. The Bertz CT molecular complexity index is 577. The fourth-order valence-electron chi connectivity index (χ4n) is 8.78. The van der Waals surface area contributed by atoms with E-state index in [9.17, 15) is 9.90 Å². The summed E-state index contributed by atoms with van der Waals surface area (Å²) in [5, 5.41) is 10.2. The van der Waals surface area contributed by atoms with Crippen molar-refractivity contribution in [2.75, 3.05) is 0 Å². The molecule has 3 N–H and O–H groups in total. The topological polar surface area (TPSA) is 63.3 Å². The lowest BCUT2D eigenvalue weighted by Gasteiger charge is -2.61. The molecule has 0 saturated heterocycles. The molecular weight excluding hydrogens is 334 g/mol. The summed E-state index contributed by atoms with van der Waals surface area (Å²) in [5.74, 6) is 4.63. The van der Waals surface area contributed by atoms with Gasteiger partial charge in [-0.1, -0.05) is 20.8 Å². The molecule has 4 saturated carbocycles. The number of primary amides is 1. The highest BCUT2D eigenvalue weighted by Gasteiger charge is 2.60. The number of aliphatic hydroxyl groups is 1. The summed E-state index contributed by atoms with van der Waals surface area (Å²) >= 11 is 0. The van der Waals surface area contributed by atoms with Gasteiger partial charge in [-0.05, 0) is 111 Å². The Morgan fingerprint density at radius 2 is 1.74 bits per heavy atom. The molecule has 9 atom stereocenters. The molecule has 4 aliphatic rings. The van der Waals surface area contributed by atoms with E-state index in [1.807, 2.05) is 0 Å². The average molecular weight is 376 g/mol. The lowest BCUT2D eigenvalue weighted by atomic mass is 9.44. The largest absolute Gasteiger partial charge is 0.393 e. The van der Waals surface area contributed by atoms with E-state index in [-0.39, 0.29) is 12.0 Å². The number of fused-ring (bicyclic) bond motifs is 5.